The molecule has 1 atom stereocenters. The molecule has 1 aliphatic carbocycles. The molecule has 96 valence electrons. The minimum absolute atomic E-state index is 0.319. The maximum absolute atomic E-state index is 5.74. The third kappa shape index (κ3) is 2.50. The van der Waals surface area contributed by atoms with E-state index in [1.807, 2.05) is 12.3 Å². The normalized spacial score (nSPS) is 23.3. The van der Waals surface area contributed by atoms with Crippen LogP contribution >= 0.6 is 0 Å². The van der Waals surface area contributed by atoms with Gasteiger partial charge in [-0.05, 0) is 56.2 Å². The summed E-state index contributed by atoms with van der Waals surface area (Å²) in [6.07, 6.45) is 11.1. The fraction of sp³-hybridized carbons (Fsp3) is 0.533. The van der Waals surface area contributed by atoms with Crippen LogP contribution < -0.4 is 5.32 Å². The van der Waals surface area contributed by atoms with Gasteiger partial charge in [0, 0.05) is 6.20 Å². The summed E-state index contributed by atoms with van der Waals surface area (Å²) >= 11 is 0. The number of fused-ring (bicyclic) bond motifs is 1. The maximum atomic E-state index is 5.74. The minimum atomic E-state index is 0.319. The van der Waals surface area contributed by atoms with E-state index in [2.05, 4.69) is 22.4 Å². The number of aryl methyl sites for hydroxylation is 1. The first-order chi connectivity index (χ1) is 8.93. The Morgan fingerprint density at radius 3 is 3.28 bits per heavy atom. The van der Waals surface area contributed by atoms with Crippen molar-refractivity contribution < 1.29 is 4.74 Å². The largest absolute Gasteiger partial charge is 0.479 e. The van der Waals surface area contributed by atoms with Gasteiger partial charge < -0.3 is 10.1 Å². The van der Waals surface area contributed by atoms with Crippen LogP contribution in [0.15, 0.2) is 30.3 Å². The molecular weight excluding hydrogens is 224 g/mol. The quantitative estimate of drug-likeness (QED) is 0.868. The second-order valence-electron chi connectivity index (χ2n) is 5.05. The minimum Gasteiger partial charge on any atom is -0.479 e. The van der Waals surface area contributed by atoms with Crippen LogP contribution in [-0.2, 0) is 11.2 Å². The molecule has 3 heteroatoms. The van der Waals surface area contributed by atoms with Gasteiger partial charge in [-0.1, -0.05) is 6.07 Å². The van der Waals surface area contributed by atoms with Gasteiger partial charge in [0.1, 0.15) is 0 Å². The lowest BCUT2D eigenvalue weighted by Gasteiger charge is -2.26. The highest BCUT2D eigenvalue weighted by Crippen LogP contribution is 2.28. The van der Waals surface area contributed by atoms with Crippen molar-refractivity contribution in [3.05, 3.63) is 41.5 Å². The lowest BCUT2D eigenvalue weighted by Crippen LogP contribution is -2.26. The topological polar surface area (TPSA) is 34.2 Å². The third-order valence-electron chi connectivity index (χ3n) is 3.70. The summed E-state index contributed by atoms with van der Waals surface area (Å²) in [5.74, 6) is 0.955. The Labute approximate surface area is 108 Å². The van der Waals surface area contributed by atoms with Crippen molar-refractivity contribution in [3.63, 3.8) is 0 Å². The summed E-state index contributed by atoms with van der Waals surface area (Å²) in [6, 6.07) is 4.54. The molecule has 0 aromatic carbocycles. The summed E-state index contributed by atoms with van der Waals surface area (Å²) in [7, 11) is 0. The van der Waals surface area contributed by atoms with Gasteiger partial charge in [0.2, 0.25) is 0 Å². The molecule has 18 heavy (non-hydrogen) atoms. The summed E-state index contributed by atoms with van der Waals surface area (Å²) in [5, 5.41) is 3.53. The summed E-state index contributed by atoms with van der Waals surface area (Å²) in [6.45, 7) is 0.834. The first-order valence-electron chi connectivity index (χ1n) is 6.97. The number of hydrogen-bond acceptors (Lipinski definition) is 3. The Hall–Kier alpha value is -1.51. The van der Waals surface area contributed by atoms with Gasteiger partial charge in [-0.2, -0.15) is 0 Å². The van der Waals surface area contributed by atoms with E-state index in [9.17, 15) is 0 Å². The van der Waals surface area contributed by atoms with Crippen molar-refractivity contribution in [1.82, 2.24) is 10.3 Å². The summed E-state index contributed by atoms with van der Waals surface area (Å²) in [4.78, 5) is 4.54. The Morgan fingerprint density at radius 2 is 2.28 bits per heavy atom. The van der Waals surface area contributed by atoms with Crippen molar-refractivity contribution >= 4 is 0 Å². The second kappa shape index (κ2) is 5.42. The van der Waals surface area contributed by atoms with Crippen molar-refractivity contribution in [2.75, 3.05) is 6.61 Å². The summed E-state index contributed by atoms with van der Waals surface area (Å²) < 4.78 is 5.74. The van der Waals surface area contributed by atoms with Crippen LogP contribution in [-0.4, -0.2) is 11.6 Å². The van der Waals surface area contributed by atoms with E-state index in [-0.39, 0.29) is 0 Å². The van der Waals surface area contributed by atoms with Crippen LogP contribution in [0, 0.1) is 0 Å². The van der Waals surface area contributed by atoms with Crippen LogP contribution in [0.25, 0.3) is 0 Å². The molecule has 0 amide bonds. The zero-order chi connectivity index (χ0) is 12.2. The Bertz CT molecular complexity index is 442. The Kier molecular flexibility index (Phi) is 3.49. The molecule has 0 spiro atoms. The number of pyridine rings is 1. The lowest BCUT2D eigenvalue weighted by molar-refractivity contribution is 0.181. The van der Waals surface area contributed by atoms with Crippen molar-refractivity contribution in [2.24, 2.45) is 0 Å². The molecule has 1 aromatic heterocycles. The average Bonchev–Trinajstić information content (AvgIpc) is 2.68. The van der Waals surface area contributed by atoms with Gasteiger partial charge in [-0.3, -0.25) is 4.98 Å². The highest BCUT2D eigenvalue weighted by atomic mass is 16.5. The number of rotatable bonds is 2. The van der Waals surface area contributed by atoms with Gasteiger partial charge in [0.05, 0.1) is 18.3 Å². The molecule has 0 saturated carbocycles. The van der Waals surface area contributed by atoms with E-state index in [0.29, 0.717) is 6.04 Å². The maximum Gasteiger partial charge on any atom is 0.182 e. The first-order valence-corrected chi connectivity index (χ1v) is 6.97. The molecule has 1 N–H and O–H groups in total. The zero-order valence-electron chi connectivity index (χ0n) is 10.7. The van der Waals surface area contributed by atoms with Crippen LogP contribution in [0.3, 0.4) is 0 Å². The second-order valence-corrected chi connectivity index (χ2v) is 5.05. The Balaban J connectivity index is 1.75. The number of ether oxygens (including phenoxy) is 1. The Morgan fingerprint density at radius 1 is 1.28 bits per heavy atom. The number of aromatic nitrogens is 1. The standard InChI is InChI=1S/C15H20N2O/c1-2-9-14(18-11-3-1)17-13-8-4-6-12-7-5-10-16-15(12)13/h5,7,9-10,13,17H,1-4,6,8,11H2. The van der Waals surface area contributed by atoms with Gasteiger partial charge in [-0.25, -0.2) is 0 Å². The molecule has 0 bridgehead atoms. The third-order valence-corrected chi connectivity index (χ3v) is 3.70. The van der Waals surface area contributed by atoms with Crippen LogP contribution in [0.1, 0.15) is 49.4 Å². The van der Waals surface area contributed by atoms with E-state index in [0.717, 1.165) is 38.2 Å². The van der Waals surface area contributed by atoms with Gasteiger partial charge in [0.15, 0.2) is 5.88 Å². The molecule has 1 aromatic rings. The van der Waals surface area contributed by atoms with E-state index in [4.69, 9.17) is 4.74 Å². The molecule has 1 unspecified atom stereocenters. The summed E-state index contributed by atoms with van der Waals surface area (Å²) in [5.41, 5.74) is 2.59. The molecule has 0 radical (unpaired) electrons. The molecular formula is C15H20N2O. The fourth-order valence-electron chi connectivity index (χ4n) is 2.74. The van der Waals surface area contributed by atoms with Crippen molar-refractivity contribution in [1.29, 1.82) is 0 Å². The number of allylic oxidation sites excluding steroid dienone is 1. The lowest BCUT2D eigenvalue weighted by atomic mass is 9.92. The van der Waals surface area contributed by atoms with Crippen molar-refractivity contribution in [2.45, 2.75) is 44.6 Å². The van der Waals surface area contributed by atoms with Gasteiger partial charge >= 0.3 is 0 Å². The predicted molar refractivity (Wildman–Crippen MR) is 70.9 cm³/mol. The van der Waals surface area contributed by atoms with E-state index in [1.54, 1.807) is 0 Å². The average molecular weight is 244 g/mol. The van der Waals surface area contributed by atoms with Crippen molar-refractivity contribution in [3.8, 4) is 0 Å². The number of nitrogens with zero attached hydrogens (tertiary/aromatic N) is 1. The smallest absolute Gasteiger partial charge is 0.182 e. The zero-order valence-corrected chi connectivity index (χ0v) is 10.7. The van der Waals surface area contributed by atoms with Crippen LogP contribution in [0.5, 0.6) is 0 Å². The number of hydrogen-bond donors (Lipinski definition) is 1. The van der Waals surface area contributed by atoms with E-state index in [1.165, 1.54) is 24.1 Å². The molecule has 0 fully saturated rings. The van der Waals surface area contributed by atoms with Crippen LogP contribution in [0.4, 0.5) is 0 Å². The molecule has 3 rings (SSSR count). The molecule has 2 heterocycles. The van der Waals surface area contributed by atoms with Crippen LogP contribution in [0.2, 0.25) is 0 Å². The monoisotopic (exact) mass is 244 g/mol. The number of nitrogens with one attached hydrogen (secondary N) is 1. The van der Waals surface area contributed by atoms with Gasteiger partial charge in [0.25, 0.3) is 0 Å². The predicted octanol–water partition coefficient (Wildman–Crippen LogP) is 3.09. The first kappa shape index (κ1) is 11.6. The van der Waals surface area contributed by atoms with E-state index >= 15 is 0 Å². The molecule has 3 nitrogen and oxygen atoms in total. The fourth-order valence-corrected chi connectivity index (χ4v) is 2.74. The molecule has 0 saturated heterocycles. The van der Waals surface area contributed by atoms with E-state index < -0.39 is 0 Å². The highest BCUT2D eigenvalue weighted by molar-refractivity contribution is 5.26. The van der Waals surface area contributed by atoms with Gasteiger partial charge in [-0.15, -0.1) is 0 Å². The SMILES string of the molecule is C1=C(NC2CCCc3cccnc32)OCCCC1. The highest BCUT2D eigenvalue weighted by Gasteiger charge is 2.22. The molecule has 1 aliphatic heterocycles. The molecule has 2 aliphatic rings.